The summed E-state index contributed by atoms with van der Waals surface area (Å²) in [4.78, 5) is 28.2. The summed E-state index contributed by atoms with van der Waals surface area (Å²) < 4.78 is 11.2. The number of piperidine rings is 1. The average molecular weight is 376 g/mol. The molecule has 0 aromatic heterocycles. The molecular formula is C20H28N2O5. The Balaban J connectivity index is 1.50. The first kappa shape index (κ1) is 19.3. The summed E-state index contributed by atoms with van der Waals surface area (Å²) in [6.45, 7) is 5.71. The zero-order chi connectivity index (χ0) is 19.4. The van der Waals surface area contributed by atoms with E-state index in [1.54, 1.807) is 23.1 Å². The van der Waals surface area contributed by atoms with Crippen LogP contribution in [0.3, 0.4) is 0 Å². The van der Waals surface area contributed by atoms with Crippen LogP contribution in [0.25, 0.3) is 0 Å². The van der Waals surface area contributed by atoms with Crippen LogP contribution in [0.5, 0.6) is 11.5 Å². The van der Waals surface area contributed by atoms with Crippen LogP contribution in [0.2, 0.25) is 0 Å². The lowest BCUT2D eigenvalue weighted by molar-refractivity contribution is -0.136. The SMILES string of the molecule is CCCC(C)N1CC2(CCN(C(=O)COc3ccccc3O)CC2)OC1=O. The van der Waals surface area contributed by atoms with Gasteiger partial charge in [0.05, 0.1) is 6.54 Å². The van der Waals surface area contributed by atoms with Crippen LogP contribution in [0.1, 0.15) is 39.5 Å². The maximum absolute atomic E-state index is 12.4. The van der Waals surface area contributed by atoms with Crippen molar-refractivity contribution in [3.8, 4) is 11.5 Å². The largest absolute Gasteiger partial charge is 0.504 e. The first-order valence-corrected chi connectivity index (χ1v) is 9.62. The molecule has 27 heavy (non-hydrogen) atoms. The number of phenolic OH excluding ortho intramolecular Hbond substituents is 1. The molecule has 0 radical (unpaired) electrons. The van der Waals surface area contributed by atoms with Crippen LogP contribution in [-0.4, -0.2) is 64.8 Å². The predicted octanol–water partition coefficient (Wildman–Crippen LogP) is 2.77. The Morgan fingerprint density at radius 3 is 2.70 bits per heavy atom. The van der Waals surface area contributed by atoms with Crippen molar-refractivity contribution < 1.29 is 24.2 Å². The molecule has 1 aromatic carbocycles. The number of hydrogen-bond donors (Lipinski definition) is 1. The van der Waals surface area contributed by atoms with Crippen molar-refractivity contribution in [3.05, 3.63) is 24.3 Å². The number of para-hydroxylation sites is 2. The number of hydrogen-bond acceptors (Lipinski definition) is 5. The number of nitrogens with zero attached hydrogens (tertiary/aromatic N) is 2. The van der Waals surface area contributed by atoms with Gasteiger partial charge in [0.15, 0.2) is 18.1 Å². The number of carbonyl (C=O) groups excluding carboxylic acids is 2. The maximum Gasteiger partial charge on any atom is 0.410 e. The van der Waals surface area contributed by atoms with Gasteiger partial charge < -0.3 is 24.4 Å². The molecule has 2 amide bonds. The highest BCUT2D eigenvalue weighted by atomic mass is 16.6. The standard InChI is InChI=1S/C20H28N2O5/c1-3-6-15(2)22-14-20(27-19(22)25)9-11-21(12-10-20)18(24)13-26-17-8-5-4-7-16(17)23/h4-5,7-8,15,23H,3,6,9-14H2,1-2H3. The summed E-state index contributed by atoms with van der Waals surface area (Å²) in [5.74, 6) is 0.181. The van der Waals surface area contributed by atoms with Crippen molar-refractivity contribution in [2.75, 3.05) is 26.2 Å². The van der Waals surface area contributed by atoms with E-state index in [4.69, 9.17) is 9.47 Å². The molecule has 148 valence electrons. The van der Waals surface area contributed by atoms with E-state index in [2.05, 4.69) is 13.8 Å². The van der Waals surface area contributed by atoms with Gasteiger partial charge in [0.1, 0.15) is 5.60 Å². The average Bonchev–Trinajstić information content (AvgIpc) is 2.97. The molecule has 1 N–H and O–H groups in total. The van der Waals surface area contributed by atoms with Crippen LogP contribution >= 0.6 is 0 Å². The van der Waals surface area contributed by atoms with Crippen LogP contribution in [-0.2, 0) is 9.53 Å². The lowest BCUT2D eigenvalue weighted by Gasteiger charge is -2.37. The van der Waals surface area contributed by atoms with Gasteiger partial charge in [-0.05, 0) is 25.5 Å². The second kappa shape index (κ2) is 8.06. The number of rotatable bonds is 6. The second-order valence-corrected chi connectivity index (χ2v) is 7.45. The molecule has 2 saturated heterocycles. The normalized spacial score (nSPS) is 19.9. The Bertz CT molecular complexity index is 685. The molecule has 7 nitrogen and oxygen atoms in total. The molecule has 2 aliphatic heterocycles. The Labute approximate surface area is 159 Å². The molecule has 0 saturated carbocycles. The van der Waals surface area contributed by atoms with Gasteiger partial charge >= 0.3 is 6.09 Å². The highest BCUT2D eigenvalue weighted by Gasteiger charge is 2.48. The van der Waals surface area contributed by atoms with Crippen molar-refractivity contribution >= 4 is 12.0 Å². The van der Waals surface area contributed by atoms with E-state index in [0.717, 1.165) is 12.8 Å². The summed E-state index contributed by atoms with van der Waals surface area (Å²) in [5.41, 5.74) is -0.478. The van der Waals surface area contributed by atoms with E-state index in [0.29, 0.717) is 38.2 Å². The molecule has 1 aromatic rings. The Morgan fingerprint density at radius 2 is 2.04 bits per heavy atom. The third-order valence-corrected chi connectivity index (χ3v) is 5.48. The molecule has 1 atom stereocenters. The minimum Gasteiger partial charge on any atom is -0.504 e. The van der Waals surface area contributed by atoms with E-state index in [1.807, 2.05) is 4.90 Å². The minimum atomic E-state index is -0.478. The van der Waals surface area contributed by atoms with Crippen molar-refractivity contribution in [3.63, 3.8) is 0 Å². The molecule has 0 bridgehead atoms. The zero-order valence-electron chi connectivity index (χ0n) is 16.0. The molecule has 2 heterocycles. The van der Waals surface area contributed by atoms with Crippen molar-refractivity contribution in [1.82, 2.24) is 9.80 Å². The van der Waals surface area contributed by atoms with Gasteiger partial charge in [0.25, 0.3) is 5.91 Å². The van der Waals surface area contributed by atoms with E-state index in [9.17, 15) is 14.7 Å². The molecule has 1 spiro atoms. The summed E-state index contributed by atoms with van der Waals surface area (Å²) >= 11 is 0. The Morgan fingerprint density at radius 1 is 1.33 bits per heavy atom. The number of carbonyl (C=O) groups is 2. The fourth-order valence-electron chi connectivity index (χ4n) is 3.79. The summed E-state index contributed by atoms with van der Waals surface area (Å²) in [6.07, 6.45) is 3.02. The van der Waals surface area contributed by atoms with E-state index < -0.39 is 5.60 Å². The smallest absolute Gasteiger partial charge is 0.410 e. The van der Waals surface area contributed by atoms with Crippen molar-refractivity contribution in [2.24, 2.45) is 0 Å². The van der Waals surface area contributed by atoms with Crippen LogP contribution in [0, 0.1) is 0 Å². The maximum atomic E-state index is 12.4. The van der Waals surface area contributed by atoms with Gasteiger partial charge in [-0.3, -0.25) is 4.79 Å². The fourth-order valence-corrected chi connectivity index (χ4v) is 3.79. The zero-order valence-corrected chi connectivity index (χ0v) is 16.0. The molecule has 2 aliphatic rings. The molecular weight excluding hydrogens is 348 g/mol. The highest BCUT2D eigenvalue weighted by Crippen LogP contribution is 2.35. The Kier molecular flexibility index (Phi) is 5.77. The fraction of sp³-hybridized carbons (Fsp3) is 0.600. The summed E-state index contributed by atoms with van der Waals surface area (Å²) in [5, 5.41) is 9.70. The van der Waals surface area contributed by atoms with E-state index >= 15 is 0 Å². The lowest BCUT2D eigenvalue weighted by Crippen LogP contribution is -2.50. The molecule has 0 aliphatic carbocycles. The first-order chi connectivity index (χ1) is 12.9. The van der Waals surface area contributed by atoms with Gasteiger partial charge in [0.2, 0.25) is 0 Å². The number of phenols is 1. The number of aromatic hydroxyl groups is 1. The van der Waals surface area contributed by atoms with Crippen LogP contribution < -0.4 is 4.74 Å². The van der Waals surface area contributed by atoms with Crippen LogP contribution in [0.4, 0.5) is 4.79 Å². The number of likely N-dealkylation sites (tertiary alicyclic amines) is 1. The molecule has 1 unspecified atom stereocenters. The molecule has 3 rings (SSSR count). The van der Waals surface area contributed by atoms with E-state index in [1.165, 1.54) is 6.07 Å². The number of ether oxygens (including phenoxy) is 2. The van der Waals surface area contributed by atoms with Crippen LogP contribution in [0.15, 0.2) is 24.3 Å². The predicted molar refractivity (Wildman–Crippen MR) is 99.7 cm³/mol. The minimum absolute atomic E-state index is 0.0158. The quantitative estimate of drug-likeness (QED) is 0.826. The van der Waals surface area contributed by atoms with Gasteiger partial charge in [-0.1, -0.05) is 25.5 Å². The van der Waals surface area contributed by atoms with Gasteiger partial charge in [-0.25, -0.2) is 4.79 Å². The monoisotopic (exact) mass is 376 g/mol. The third-order valence-electron chi connectivity index (χ3n) is 5.48. The van der Waals surface area contributed by atoms with Gasteiger partial charge in [-0.2, -0.15) is 0 Å². The molecule has 2 fully saturated rings. The Hall–Kier alpha value is -2.44. The number of amides is 2. The second-order valence-electron chi connectivity index (χ2n) is 7.45. The highest BCUT2D eigenvalue weighted by molar-refractivity contribution is 5.78. The van der Waals surface area contributed by atoms with Crippen molar-refractivity contribution in [2.45, 2.75) is 51.2 Å². The lowest BCUT2D eigenvalue weighted by atomic mass is 9.91. The number of benzene rings is 1. The van der Waals surface area contributed by atoms with Gasteiger partial charge in [0, 0.05) is 32.0 Å². The molecule has 7 heteroatoms. The van der Waals surface area contributed by atoms with E-state index in [-0.39, 0.29) is 30.4 Å². The van der Waals surface area contributed by atoms with Crippen molar-refractivity contribution in [1.29, 1.82) is 0 Å². The summed E-state index contributed by atoms with van der Waals surface area (Å²) in [7, 11) is 0. The van der Waals surface area contributed by atoms with Gasteiger partial charge in [-0.15, -0.1) is 0 Å². The topological polar surface area (TPSA) is 79.3 Å². The summed E-state index contributed by atoms with van der Waals surface area (Å²) in [6, 6.07) is 6.75. The first-order valence-electron chi connectivity index (χ1n) is 9.62. The third kappa shape index (κ3) is 4.28.